The van der Waals surface area contributed by atoms with Gasteiger partial charge in [0.15, 0.2) is 0 Å². The first-order chi connectivity index (χ1) is 7.66. The van der Waals surface area contributed by atoms with Gasteiger partial charge in [-0.25, -0.2) is 0 Å². The van der Waals surface area contributed by atoms with Crippen LogP contribution in [-0.2, 0) is 19.1 Å². The summed E-state index contributed by atoms with van der Waals surface area (Å²) in [5.74, 6) is 0.456. The molecule has 0 amide bonds. The SMILES string of the molecule is CC(=O)OCCOC(=O)C1CC2C=CC1C2. The third kappa shape index (κ3) is 2.43. The van der Waals surface area contributed by atoms with Crippen LogP contribution < -0.4 is 0 Å². The molecule has 2 rings (SSSR count). The van der Waals surface area contributed by atoms with Gasteiger partial charge in [-0.1, -0.05) is 12.2 Å². The van der Waals surface area contributed by atoms with Crippen molar-refractivity contribution in [3.63, 3.8) is 0 Å². The second kappa shape index (κ2) is 4.68. The fourth-order valence-electron chi connectivity index (χ4n) is 2.49. The summed E-state index contributed by atoms with van der Waals surface area (Å²) < 4.78 is 9.77. The Morgan fingerprint density at radius 3 is 2.50 bits per heavy atom. The lowest BCUT2D eigenvalue weighted by molar-refractivity contribution is -0.154. The molecule has 0 aromatic carbocycles. The molecule has 2 aliphatic carbocycles. The summed E-state index contributed by atoms with van der Waals surface area (Å²) in [7, 11) is 0. The second-order valence-corrected chi connectivity index (χ2v) is 4.39. The Morgan fingerprint density at radius 1 is 1.19 bits per heavy atom. The number of carbonyl (C=O) groups is 2. The lowest BCUT2D eigenvalue weighted by Crippen LogP contribution is -2.23. The van der Waals surface area contributed by atoms with E-state index in [1.54, 1.807) is 0 Å². The lowest BCUT2D eigenvalue weighted by Gasteiger charge is -2.16. The average molecular weight is 224 g/mol. The zero-order valence-corrected chi connectivity index (χ0v) is 9.35. The normalized spacial score (nSPS) is 30.4. The predicted molar refractivity (Wildman–Crippen MR) is 56.4 cm³/mol. The van der Waals surface area contributed by atoms with Crippen molar-refractivity contribution in [1.82, 2.24) is 0 Å². The molecule has 88 valence electrons. The van der Waals surface area contributed by atoms with Crippen LogP contribution in [0.3, 0.4) is 0 Å². The summed E-state index contributed by atoms with van der Waals surface area (Å²) in [4.78, 5) is 22.2. The molecular weight excluding hydrogens is 208 g/mol. The third-order valence-electron chi connectivity index (χ3n) is 3.21. The van der Waals surface area contributed by atoms with Crippen LogP contribution in [0.1, 0.15) is 19.8 Å². The highest BCUT2D eigenvalue weighted by Gasteiger charge is 2.40. The van der Waals surface area contributed by atoms with Gasteiger partial charge in [0.25, 0.3) is 0 Å². The maximum absolute atomic E-state index is 11.7. The molecule has 0 heterocycles. The molecule has 4 nitrogen and oxygen atoms in total. The summed E-state index contributed by atoms with van der Waals surface area (Å²) in [6.45, 7) is 1.65. The zero-order chi connectivity index (χ0) is 11.5. The first kappa shape index (κ1) is 11.2. The Hall–Kier alpha value is -1.32. The van der Waals surface area contributed by atoms with E-state index in [-0.39, 0.29) is 31.1 Å². The van der Waals surface area contributed by atoms with Crippen molar-refractivity contribution in [2.45, 2.75) is 19.8 Å². The molecule has 4 heteroatoms. The van der Waals surface area contributed by atoms with Crippen LogP contribution in [0.15, 0.2) is 12.2 Å². The topological polar surface area (TPSA) is 52.6 Å². The Labute approximate surface area is 94.6 Å². The number of esters is 2. The molecule has 1 fully saturated rings. The number of ether oxygens (including phenoxy) is 2. The van der Waals surface area contributed by atoms with E-state index in [0.29, 0.717) is 11.8 Å². The molecule has 1 saturated carbocycles. The third-order valence-corrected chi connectivity index (χ3v) is 3.21. The number of rotatable bonds is 4. The molecular formula is C12H16O4. The maximum atomic E-state index is 11.7. The minimum atomic E-state index is -0.348. The van der Waals surface area contributed by atoms with Crippen molar-refractivity contribution in [2.75, 3.05) is 13.2 Å². The number of hydrogen-bond acceptors (Lipinski definition) is 4. The van der Waals surface area contributed by atoms with Crippen LogP contribution in [0, 0.1) is 17.8 Å². The van der Waals surface area contributed by atoms with E-state index in [9.17, 15) is 9.59 Å². The molecule has 3 atom stereocenters. The van der Waals surface area contributed by atoms with Gasteiger partial charge in [-0.05, 0) is 24.7 Å². The Morgan fingerprint density at radius 2 is 1.94 bits per heavy atom. The molecule has 0 radical (unpaired) electrons. The fraction of sp³-hybridized carbons (Fsp3) is 0.667. The van der Waals surface area contributed by atoms with Crippen LogP contribution >= 0.6 is 0 Å². The molecule has 0 aliphatic heterocycles. The molecule has 0 spiro atoms. The molecule has 0 aromatic heterocycles. The predicted octanol–water partition coefficient (Wildman–Crippen LogP) is 1.30. The summed E-state index contributed by atoms with van der Waals surface area (Å²) in [5.41, 5.74) is 0. The van der Waals surface area contributed by atoms with Gasteiger partial charge in [-0.3, -0.25) is 9.59 Å². The minimum absolute atomic E-state index is 0.0207. The summed E-state index contributed by atoms with van der Waals surface area (Å²) in [6.07, 6.45) is 6.30. The molecule has 0 N–H and O–H groups in total. The van der Waals surface area contributed by atoms with Crippen molar-refractivity contribution >= 4 is 11.9 Å². The average Bonchev–Trinajstić information content (AvgIpc) is 2.85. The largest absolute Gasteiger partial charge is 0.462 e. The van der Waals surface area contributed by atoms with E-state index in [2.05, 4.69) is 16.9 Å². The standard InChI is InChI=1S/C12H16O4/c1-8(13)15-4-5-16-12(14)11-7-9-2-3-10(11)6-9/h2-3,9-11H,4-7H2,1H3. The maximum Gasteiger partial charge on any atom is 0.309 e. The van der Waals surface area contributed by atoms with Gasteiger partial charge < -0.3 is 9.47 Å². The lowest BCUT2D eigenvalue weighted by atomic mass is 9.94. The van der Waals surface area contributed by atoms with Gasteiger partial charge in [0.05, 0.1) is 5.92 Å². The monoisotopic (exact) mass is 224 g/mol. The molecule has 2 bridgehead atoms. The van der Waals surface area contributed by atoms with Crippen LogP contribution in [0.4, 0.5) is 0 Å². The molecule has 0 saturated heterocycles. The van der Waals surface area contributed by atoms with E-state index >= 15 is 0 Å². The van der Waals surface area contributed by atoms with E-state index in [1.807, 2.05) is 0 Å². The van der Waals surface area contributed by atoms with Gasteiger partial charge in [0, 0.05) is 6.92 Å². The van der Waals surface area contributed by atoms with E-state index in [1.165, 1.54) is 6.92 Å². The smallest absolute Gasteiger partial charge is 0.309 e. The second-order valence-electron chi connectivity index (χ2n) is 4.39. The highest BCUT2D eigenvalue weighted by atomic mass is 16.6. The van der Waals surface area contributed by atoms with Crippen molar-refractivity contribution in [1.29, 1.82) is 0 Å². The van der Waals surface area contributed by atoms with Crippen LogP contribution in [-0.4, -0.2) is 25.2 Å². The number of allylic oxidation sites excluding steroid dienone is 2. The van der Waals surface area contributed by atoms with Crippen molar-refractivity contribution < 1.29 is 19.1 Å². The molecule has 3 unspecified atom stereocenters. The molecule has 16 heavy (non-hydrogen) atoms. The minimum Gasteiger partial charge on any atom is -0.462 e. The molecule has 0 aromatic rings. The number of fused-ring (bicyclic) bond motifs is 2. The van der Waals surface area contributed by atoms with Crippen molar-refractivity contribution in [3.05, 3.63) is 12.2 Å². The van der Waals surface area contributed by atoms with Crippen LogP contribution in [0.25, 0.3) is 0 Å². The van der Waals surface area contributed by atoms with Crippen molar-refractivity contribution in [3.8, 4) is 0 Å². The van der Waals surface area contributed by atoms with E-state index in [4.69, 9.17) is 4.74 Å². The quantitative estimate of drug-likeness (QED) is 0.410. The van der Waals surface area contributed by atoms with E-state index in [0.717, 1.165) is 12.8 Å². The Bertz CT molecular complexity index is 321. The van der Waals surface area contributed by atoms with Crippen molar-refractivity contribution in [2.24, 2.45) is 17.8 Å². The highest BCUT2D eigenvalue weighted by molar-refractivity contribution is 5.74. The fourth-order valence-corrected chi connectivity index (χ4v) is 2.49. The first-order valence-electron chi connectivity index (χ1n) is 5.65. The summed E-state index contributed by atoms with van der Waals surface area (Å²) in [6, 6.07) is 0. The van der Waals surface area contributed by atoms with Crippen LogP contribution in [0.5, 0.6) is 0 Å². The Kier molecular flexibility index (Phi) is 3.27. The van der Waals surface area contributed by atoms with E-state index < -0.39 is 0 Å². The van der Waals surface area contributed by atoms with Gasteiger partial charge >= 0.3 is 11.9 Å². The van der Waals surface area contributed by atoms with Gasteiger partial charge in [0.2, 0.25) is 0 Å². The van der Waals surface area contributed by atoms with Gasteiger partial charge in [-0.2, -0.15) is 0 Å². The first-order valence-corrected chi connectivity index (χ1v) is 5.65. The van der Waals surface area contributed by atoms with Gasteiger partial charge in [0.1, 0.15) is 13.2 Å². The summed E-state index contributed by atoms with van der Waals surface area (Å²) in [5, 5.41) is 0. The molecule has 2 aliphatic rings. The number of hydrogen-bond donors (Lipinski definition) is 0. The highest BCUT2D eigenvalue weighted by Crippen LogP contribution is 2.43. The Balaban J connectivity index is 1.69. The van der Waals surface area contributed by atoms with Gasteiger partial charge in [-0.15, -0.1) is 0 Å². The summed E-state index contributed by atoms with van der Waals surface area (Å²) >= 11 is 0. The van der Waals surface area contributed by atoms with Crippen LogP contribution in [0.2, 0.25) is 0 Å². The number of carbonyl (C=O) groups excluding carboxylic acids is 2. The zero-order valence-electron chi connectivity index (χ0n) is 9.35.